The molecule has 180 valence electrons. The van der Waals surface area contributed by atoms with Crippen LogP contribution in [-0.4, -0.2) is 38.4 Å². The molecule has 8 nitrogen and oxygen atoms in total. The van der Waals surface area contributed by atoms with Gasteiger partial charge in [-0.25, -0.2) is 17.8 Å². The van der Waals surface area contributed by atoms with E-state index < -0.39 is 44.9 Å². The average Bonchev–Trinajstić information content (AvgIpc) is 2.73. The highest BCUT2D eigenvalue weighted by atomic mass is 32.2. The third kappa shape index (κ3) is 6.41. The minimum atomic E-state index is -4.80. The van der Waals surface area contributed by atoms with E-state index in [4.69, 9.17) is 9.47 Å². The Hall–Kier alpha value is -3.74. The van der Waals surface area contributed by atoms with Crippen LogP contribution >= 0.6 is 0 Å². The van der Waals surface area contributed by atoms with E-state index in [1.54, 1.807) is 0 Å². The van der Waals surface area contributed by atoms with Gasteiger partial charge in [0.05, 0.1) is 24.6 Å². The lowest BCUT2D eigenvalue weighted by atomic mass is 10.1. The summed E-state index contributed by atoms with van der Waals surface area (Å²) in [6, 6.07) is 3.74. The van der Waals surface area contributed by atoms with E-state index in [9.17, 15) is 30.8 Å². The summed E-state index contributed by atoms with van der Waals surface area (Å²) in [5.41, 5.74) is -1.47. The molecular weight excluding hydrogens is 482 g/mol. The van der Waals surface area contributed by atoms with Gasteiger partial charge in [0, 0.05) is 24.4 Å². The van der Waals surface area contributed by atoms with Gasteiger partial charge in [0.2, 0.25) is 15.9 Å². The van der Waals surface area contributed by atoms with E-state index in [-0.39, 0.29) is 29.3 Å². The summed E-state index contributed by atoms with van der Waals surface area (Å²) in [5.74, 6) is -2.31. The van der Waals surface area contributed by atoms with Crippen molar-refractivity contribution in [3.63, 3.8) is 0 Å². The fourth-order valence-electron chi connectivity index (χ4n) is 2.84. The predicted molar refractivity (Wildman–Crippen MR) is 114 cm³/mol. The van der Waals surface area contributed by atoms with Gasteiger partial charge in [0.1, 0.15) is 11.4 Å². The van der Waals surface area contributed by atoms with Crippen molar-refractivity contribution in [2.24, 2.45) is 4.40 Å². The van der Waals surface area contributed by atoms with Crippen molar-refractivity contribution >= 4 is 21.6 Å². The van der Waals surface area contributed by atoms with Gasteiger partial charge in [-0.15, -0.1) is 0 Å². The van der Waals surface area contributed by atoms with E-state index >= 15 is 0 Å². The van der Waals surface area contributed by atoms with Crippen molar-refractivity contribution in [1.82, 2.24) is 10.3 Å². The Balaban J connectivity index is 1.95. The van der Waals surface area contributed by atoms with Crippen molar-refractivity contribution in [2.45, 2.75) is 12.6 Å². The molecule has 0 radical (unpaired) electrons. The summed E-state index contributed by atoms with van der Waals surface area (Å²) < 4.78 is 90.0. The van der Waals surface area contributed by atoms with E-state index in [0.29, 0.717) is 12.3 Å². The smallest absolute Gasteiger partial charge is 0.417 e. The first-order valence-corrected chi connectivity index (χ1v) is 11.3. The van der Waals surface area contributed by atoms with Crippen LogP contribution in [0, 0.1) is 5.82 Å². The molecular formula is C21H17F4N3O5S. The Morgan fingerprint density at radius 1 is 1.21 bits per heavy atom. The van der Waals surface area contributed by atoms with Gasteiger partial charge in [-0.1, -0.05) is 6.08 Å². The Bertz CT molecular complexity index is 1320. The fourth-order valence-corrected chi connectivity index (χ4v) is 3.40. The molecule has 1 heterocycles. The molecule has 1 aromatic heterocycles. The molecule has 13 heteroatoms. The lowest BCUT2D eigenvalue weighted by Gasteiger charge is -2.16. The minimum Gasteiger partial charge on any atom is -0.493 e. The molecule has 3 rings (SSSR count). The van der Waals surface area contributed by atoms with Crippen molar-refractivity contribution in [3.05, 3.63) is 71.3 Å². The number of ether oxygens (including phenoxy) is 2. The number of pyridine rings is 1. The normalized spacial score (nSPS) is 15.1. The van der Waals surface area contributed by atoms with E-state index in [2.05, 4.69) is 14.7 Å². The Morgan fingerprint density at radius 2 is 1.94 bits per heavy atom. The lowest BCUT2D eigenvalue weighted by Crippen LogP contribution is -2.26. The second-order valence-corrected chi connectivity index (χ2v) is 8.62. The van der Waals surface area contributed by atoms with Crippen LogP contribution in [0.3, 0.4) is 0 Å². The number of methoxy groups -OCH3 is 1. The molecule has 0 fully saturated rings. The molecule has 1 aliphatic rings. The number of hydrogen-bond acceptors (Lipinski definition) is 6. The zero-order chi connectivity index (χ0) is 25.1. The van der Waals surface area contributed by atoms with Crippen LogP contribution in [0.15, 0.2) is 58.8 Å². The number of carbonyl (C=O) groups excluding carboxylic acids is 1. The summed E-state index contributed by atoms with van der Waals surface area (Å²) in [4.78, 5) is 16.5. The molecule has 0 spiro atoms. The zero-order valence-corrected chi connectivity index (χ0v) is 18.5. The van der Waals surface area contributed by atoms with E-state index in [1.165, 1.54) is 25.3 Å². The molecule has 1 amide bonds. The number of carbonyl (C=O) groups is 1. The molecule has 1 N–H and O–H groups in total. The number of nitrogens with one attached hydrogen (secondary N) is 1. The number of nitrogens with zero attached hydrogens (tertiary/aromatic N) is 2. The van der Waals surface area contributed by atoms with E-state index in [0.717, 1.165) is 24.5 Å². The number of sulfonamides is 1. The lowest BCUT2D eigenvalue weighted by molar-refractivity contribution is -0.137. The van der Waals surface area contributed by atoms with Crippen molar-refractivity contribution < 1.29 is 40.2 Å². The van der Waals surface area contributed by atoms with Crippen LogP contribution in [0.2, 0.25) is 0 Å². The van der Waals surface area contributed by atoms with Gasteiger partial charge in [-0.05, 0) is 30.4 Å². The van der Waals surface area contributed by atoms with Crippen LogP contribution in [0.5, 0.6) is 17.4 Å². The highest BCUT2D eigenvalue weighted by Gasteiger charge is 2.33. The summed E-state index contributed by atoms with van der Waals surface area (Å²) in [6.07, 6.45) is 0.767. The van der Waals surface area contributed by atoms with E-state index in [1.807, 2.05) is 0 Å². The Morgan fingerprint density at radius 3 is 2.59 bits per heavy atom. The maximum atomic E-state index is 13.5. The second-order valence-electron chi connectivity index (χ2n) is 6.97. The van der Waals surface area contributed by atoms with Crippen LogP contribution in [0.1, 0.15) is 22.3 Å². The topological polar surface area (TPSA) is 107 Å². The van der Waals surface area contributed by atoms with Crippen LogP contribution in [0.25, 0.3) is 0 Å². The highest BCUT2D eigenvalue weighted by molar-refractivity contribution is 7.89. The molecule has 34 heavy (non-hydrogen) atoms. The third-order valence-electron chi connectivity index (χ3n) is 4.27. The molecule has 0 saturated carbocycles. The quantitative estimate of drug-likeness (QED) is 0.602. The summed E-state index contributed by atoms with van der Waals surface area (Å²) in [6.45, 7) is 0. The number of aromatic nitrogens is 1. The number of amides is 1. The number of allylic oxidation sites excluding steroid dienone is 4. The molecule has 2 aromatic rings. The highest BCUT2D eigenvalue weighted by Crippen LogP contribution is 2.35. The maximum absolute atomic E-state index is 13.5. The number of alkyl halides is 3. The first-order chi connectivity index (χ1) is 15.9. The maximum Gasteiger partial charge on any atom is 0.417 e. The zero-order valence-electron chi connectivity index (χ0n) is 17.7. The average molecular weight is 499 g/mol. The van der Waals surface area contributed by atoms with Crippen molar-refractivity contribution in [2.75, 3.05) is 13.4 Å². The monoisotopic (exact) mass is 499 g/mol. The SMILES string of the molecule is COc1cc(F)ccc1Oc1ncc(C(F)(F)F)cc1C(=O)NC1=CC=CC(=NS(C)(=O)=O)C1. The van der Waals surface area contributed by atoms with Crippen LogP contribution < -0.4 is 14.8 Å². The summed E-state index contributed by atoms with van der Waals surface area (Å²) in [7, 11) is -2.47. The molecule has 1 aliphatic carbocycles. The van der Waals surface area contributed by atoms with Gasteiger partial charge in [-0.3, -0.25) is 4.79 Å². The number of hydrogen-bond donors (Lipinski definition) is 1. The Labute approximate surface area is 191 Å². The van der Waals surface area contributed by atoms with Gasteiger partial charge >= 0.3 is 6.18 Å². The first-order valence-electron chi connectivity index (χ1n) is 9.42. The van der Waals surface area contributed by atoms with Gasteiger partial charge in [0.25, 0.3) is 5.91 Å². The number of rotatable bonds is 6. The van der Waals surface area contributed by atoms with Gasteiger partial charge in [0.15, 0.2) is 11.5 Å². The summed E-state index contributed by atoms with van der Waals surface area (Å²) in [5, 5.41) is 2.41. The largest absolute Gasteiger partial charge is 0.493 e. The standard InChI is InChI=1S/C21H17F4N3O5S/c1-32-18-9-13(22)6-7-17(18)33-20-16(8-12(11-26-20)21(23,24)25)19(29)27-14-4-3-5-15(10-14)28-34(2,30)31/h3-9,11H,10H2,1-2H3,(H,27,29). The minimum absolute atomic E-state index is 0.0742. The van der Waals surface area contributed by atoms with Crippen LogP contribution in [0.4, 0.5) is 17.6 Å². The Kier molecular flexibility index (Phi) is 7.05. The molecule has 0 saturated heterocycles. The van der Waals surface area contributed by atoms with Gasteiger partial charge < -0.3 is 14.8 Å². The molecule has 0 bridgehead atoms. The fraction of sp³-hybridized carbons (Fsp3) is 0.190. The third-order valence-corrected chi connectivity index (χ3v) is 4.84. The van der Waals surface area contributed by atoms with Gasteiger partial charge in [-0.2, -0.15) is 17.6 Å². The number of benzene rings is 1. The molecule has 1 aromatic carbocycles. The second kappa shape index (κ2) is 9.63. The molecule has 0 aliphatic heterocycles. The summed E-state index contributed by atoms with van der Waals surface area (Å²) >= 11 is 0. The van der Waals surface area contributed by atoms with Crippen molar-refractivity contribution in [1.29, 1.82) is 0 Å². The first kappa shape index (κ1) is 24.9. The predicted octanol–water partition coefficient (Wildman–Crippen LogP) is 4.01. The molecule has 0 atom stereocenters. The molecule has 0 unspecified atom stereocenters. The van der Waals surface area contributed by atoms with Crippen molar-refractivity contribution in [3.8, 4) is 17.4 Å². The number of halogens is 4. The van der Waals surface area contributed by atoms with Crippen LogP contribution in [-0.2, 0) is 16.2 Å².